The van der Waals surface area contributed by atoms with E-state index >= 15 is 0 Å². The van der Waals surface area contributed by atoms with Gasteiger partial charge in [-0.05, 0) is 41.8 Å². The minimum absolute atomic E-state index is 0.205. The van der Waals surface area contributed by atoms with E-state index in [9.17, 15) is 9.59 Å². The van der Waals surface area contributed by atoms with Crippen molar-refractivity contribution < 1.29 is 9.21 Å². The van der Waals surface area contributed by atoms with E-state index < -0.39 is 0 Å². The van der Waals surface area contributed by atoms with Gasteiger partial charge in [-0.2, -0.15) is 9.78 Å². The lowest BCUT2D eigenvalue weighted by molar-refractivity contribution is 0.102. The van der Waals surface area contributed by atoms with Crippen LogP contribution in [0.3, 0.4) is 0 Å². The van der Waals surface area contributed by atoms with Crippen LogP contribution in [0.5, 0.6) is 0 Å². The molecule has 0 fully saturated rings. The van der Waals surface area contributed by atoms with Crippen molar-refractivity contribution in [2.75, 3.05) is 5.32 Å². The second kappa shape index (κ2) is 9.03. The topological polar surface area (TPSA) is 106 Å². The predicted molar refractivity (Wildman–Crippen MR) is 129 cm³/mol. The van der Waals surface area contributed by atoms with Crippen molar-refractivity contribution in [3.05, 3.63) is 107 Å². The van der Waals surface area contributed by atoms with Crippen LogP contribution in [0.4, 0.5) is 5.82 Å². The first kappa shape index (κ1) is 21.1. The van der Waals surface area contributed by atoms with E-state index in [1.54, 1.807) is 36.6 Å². The Hall–Kier alpha value is -4.72. The molecule has 0 aliphatic carbocycles. The molecule has 8 heteroatoms. The van der Waals surface area contributed by atoms with Crippen molar-refractivity contribution >= 4 is 11.7 Å². The molecule has 0 saturated carbocycles. The molecule has 0 unspecified atom stereocenters. The maximum atomic E-state index is 13.1. The number of rotatable bonds is 6. The quantitative estimate of drug-likeness (QED) is 0.389. The third-order valence-electron chi connectivity index (χ3n) is 5.32. The zero-order chi connectivity index (χ0) is 23.5. The molecule has 0 spiro atoms. The molecule has 0 saturated heterocycles. The Morgan fingerprint density at radius 1 is 1.00 bits per heavy atom. The predicted octanol–water partition coefficient (Wildman–Crippen LogP) is 4.70. The van der Waals surface area contributed by atoms with Crippen LogP contribution < -0.4 is 10.9 Å². The lowest BCUT2D eigenvalue weighted by Crippen LogP contribution is -2.19. The highest BCUT2D eigenvalue weighted by Gasteiger charge is 2.18. The summed E-state index contributed by atoms with van der Waals surface area (Å²) < 4.78 is 6.85. The first-order valence-corrected chi connectivity index (χ1v) is 10.8. The number of nitrogens with one attached hydrogen (secondary N) is 2. The summed E-state index contributed by atoms with van der Waals surface area (Å²) in [6.45, 7) is 1.91. The Balaban J connectivity index is 1.49. The van der Waals surface area contributed by atoms with Gasteiger partial charge in [0.1, 0.15) is 11.5 Å². The van der Waals surface area contributed by atoms with E-state index in [-0.39, 0.29) is 17.4 Å². The molecule has 3 heterocycles. The SMILES string of the molecule is CCc1cc(=O)[nH]c(-n2nc(-c3ccco3)cc2NC(=O)c2ccc(-c3ccccc3)cc2)n1. The summed E-state index contributed by atoms with van der Waals surface area (Å²) in [4.78, 5) is 32.4. The van der Waals surface area contributed by atoms with E-state index in [2.05, 4.69) is 20.4 Å². The third-order valence-corrected chi connectivity index (χ3v) is 5.32. The first-order valence-electron chi connectivity index (χ1n) is 10.8. The van der Waals surface area contributed by atoms with Crippen LogP contribution in [0.25, 0.3) is 28.5 Å². The Labute approximate surface area is 194 Å². The van der Waals surface area contributed by atoms with E-state index in [1.165, 1.54) is 10.7 Å². The van der Waals surface area contributed by atoms with Gasteiger partial charge in [0.25, 0.3) is 11.5 Å². The van der Waals surface area contributed by atoms with E-state index in [4.69, 9.17) is 4.42 Å². The summed E-state index contributed by atoms with van der Waals surface area (Å²) >= 11 is 0. The van der Waals surface area contributed by atoms with Gasteiger partial charge < -0.3 is 9.73 Å². The number of hydrogen-bond acceptors (Lipinski definition) is 5. The van der Waals surface area contributed by atoms with Crippen LogP contribution in [-0.4, -0.2) is 25.7 Å². The van der Waals surface area contributed by atoms with Crippen LogP contribution in [0.2, 0.25) is 0 Å². The third kappa shape index (κ3) is 4.29. The average Bonchev–Trinajstić information content (AvgIpc) is 3.55. The van der Waals surface area contributed by atoms with Gasteiger partial charge in [-0.15, -0.1) is 0 Å². The number of benzene rings is 2. The summed E-state index contributed by atoms with van der Waals surface area (Å²) in [6, 6.07) is 23.9. The minimum atomic E-state index is -0.319. The zero-order valence-corrected chi connectivity index (χ0v) is 18.4. The fraction of sp³-hybridized carbons (Fsp3) is 0.0769. The van der Waals surface area contributed by atoms with Crippen molar-refractivity contribution in [2.24, 2.45) is 0 Å². The minimum Gasteiger partial charge on any atom is -0.463 e. The number of anilines is 1. The van der Waals surface area contributed by atoms with E-state index in [0.29, 0.717) is 35.0 Å². The van der Waals surface area contributed by atoms with Crippen LogP contribution in [0, 0.1) is 0 Å². The number of H-pyrrole nitrogens is 1. The van der Waals surface area contributed by atoms with Crippen LogP contribution in [0.1, 0.15) is 23.0 Å². The summed E-state index contributed by atoms with van der Waals surface area (Å²) in [5, 5.41) is 7.40. The Kier molecular flexibility index (Phi) is 5.61. The van der Waals surface area contributed by atoms with Gasteiger partial charge in [0.2, 0.25) is 5.95 Å². The number of carbonyl (C=O) groups is 1. The number of aromatic nitrogens is 4. The molecule has 5 aromatic rings. The molecule has 34 heavy (non-hydrogen) atoms. The maximum absolute atomic E-state index is 13.1. The monoisotopic (exact) mass is 451 g/mol. The molecule has 3 aromatic heterocycles. The van der Waals surface area contributed by atoms with Gasteiger partial charge >= 0.3 is 0 Å². The van der Waals surface area contributed by atoms with Crippen LogP contribution in [0.15, 0.2) is 94.3 Å². The second-order valence-electron chi connectivity index (χ2n) is 7.62. The number of aromatic amines is 1. The molecule has 8 nitrogen and oxygen atoms in total. The number of carbonyl (C=O) groups excluding carboxylic acids is 1. The number of aryl methyl sites for hydroxylation is 1. The molecule has 168 valence electrons. The summed E-state index contributed by atoms with van der Waals surface area (Å²) in [5.74, 6) is 0.757. The molecular weight excluding hydrogens is 430 g/mol. The molecule has 0 aliphatic rings. The molecule has 0 aliphatic heterocycles. The summed E-state index contributed by atoms with van der Waals surface area (Å²) in [5.41, 5.74) is 3.37. The highest BCUT2D eigenvalue weighted by molar-refractivity contribution is 6.04. The number of hydrogen-bond donors (Lipinski definition) is 2. The smallest absolute Gasteiger partial charge is 0.256 e. The Morgan fingerprint density at radius 2 is 1.76 bits per heavy atom. The van der Waals surface area contributed by atoms with Gasteiger partial charge in [-0.25, -0.2) is 4.98 Å². The summed E-state index contributed by atoms with van der Waals surface area (Å²) in [6.07, 6.45) is 2.12. The first-order chi connectivity index (χ1) is 16.6. The molecule has 0 atom stereocenters. The highest BCUT2D eigenvalue weighted by Crippen LogP contribution is 2.25. The molecule has 0 bridgehead atoms. The standard InChI is InChI=1S/C26H21N5O3/c1-2-20-15-24(32)29-26(27-20)31-23(16-21(30-31)22-9-6-14-34-22)28-25(33)19-12-10-18(11-13-19)17-7-4-3-5-8-17/h3-16H,2H2,1H3,(H,28,33)(H,27,29,32). The van der Waals surface area contributed by atoms with E-state index in [1.807, 2.05) is 49.4 Å². The molecular formula is C26H21N5O3. The van der Waals surface area contributed by atoms with Gasteiger partial charge in [0.15, 0.2) is 5.76 Å². The van der Waals surface area contributed by atoms with Crippen molar-refractivity contribution in [1.29, 1.82) is 0 Å². The number of furan rings is 1. The normalized spacial score (nSPS) is 10.9. The number of amides is 1. The Morgan fingerprint density at radius 3 is 2.47 bits per heavy atom. The molecule has 2 N–H and O–H groups in total. The lowest BCUT2D eigenvalue weighted by atomic mass is 10.0. The van der Waals surface area contributed by atoms with Gasteiger partial charge in [0, 0.05) is 23.4 Å². The van der Waals surface area contributed by atoms with E-state index in [0.717, 1.165) is 11.1 Å². The zero-order valence-electron chi connectivity index (χ0n) is 18.4. The van der Waals surface area contributed by atoms with Gasteiger partial charge in [-0.1, -0.05) is 49.4 Å². The molecule has 2 aromatic carbocycles. The molecule has 1 amide bonds. The largest absolute Gasteiger partial charge is 0.463 e. The fourth-order valence-corrected chi connectivity index (χ4v) is 3.58. The highest BCUT2D eigenvalue weighted by atomic mass is 16.3. The van der Waals surface area contributed by atoms with Crippen LogP contribution >= 0.6 is 0 Å². The van der Waals surface area contributed by atoms with Crippen molar-refractivity contribution in [2.45, 2.75) is 13.3 Å². The van der Waals surface area contributed by atoms with Gasteiger partial charge in [0.05, 0.1) is 6.26 Å². The van der Waals surface area contributed by atoms with Crippen LogP contribution in [-0.2, 0) is 6.42 Å². The Bertz CT molecular complexity index is 1480. The van der Waals surface area contributed by atoms with Gasteiger partial charge in [-0.3, -0.25) is 14.6 Å². The maximum Gasteiger partial charge on any atom is 0.256 e. The van der Waals surface area contributed by atoms with Crippen molar-refractivity contribution in [3.8, 4) is 28.5 Å². The fourth-order valence-electron chi connectivity index (χ4n) is 3.58. The molecule has 0 radical (unpaired) electrons. The molecule has 5 rings (SSSR count). The lowest BCUT2D eigenvalue weighted by Gasteiger charge is -2.09. The average molecular weight is 451 g/mol. The number of nitrogens with zero attached hydrogens (tertiary/aromatic N) is 3. The summed E-state index contributed by atoms with van der Waals surface area (Å²) in [7, 11) is 0. The van der Waals surface area contributed by atoms with Crippen molar-refractivity contribution in [1.82, 2.24) is 19.7 Å². The van der Waals surface area contributed by atoms with Crippen molar-refractivity contribution in [3.63, 3.8) is 0 Å². The second-order valence-corrected chi connectivity index (χ2v) is 7.62.